The van der Waals surface area contributed by atoms with Gasteiger partial charge in [-0.3, -0.25) is 0 Å². The largest absolute Gasteiger partial charge is 0.472 e. The van der Waals surface area contributed by atoms with Gasteiger partial charge < -0.3 is 24.7 Å². The molecule has 30 heavy (non-hydrogen) atoms. The van der Waals surface area contributed by atoms with Gasteiger partial charge in [0.05, 0.1) is 17.5 Å². The molecule has 2 N–H and O–H groups in total. The van der Waals surface area contributed by atoms with Crippen LogP contribution in [0.2, 0.25) is 0 Å². The molecule has 3 rings (SSSR count). The molecule has 0 aliphatic heterocycles. The van der Waals surface area contributed by atoms with Gasteiger partial charge in [0.25, 0.3) is 11.6 Å². The van der Waals surface area contributed by atoms with Crippen LogP contribution in [0.15, 0.2) is 12.3 Å². The predicted molar refractivity (Wildman–Crippen MR) is 114 cm³/mol. The van der Waals surface area contributed by atoms with Crippen molar-refractivity contribution >= 4 is 27.8 Å². The van der Waals surface area contributed by atoms with Gasteiger partial charge in [-0.2, -0.15) is 0 Å². The van der Waals surface area contributed by atoms with Crippen LogP contribution in [0.1, 0.15) is 46.0 Å². The number of alkyl halides is 2. The van der Waals surface area contributed by atoms with Crippen LogP contribution < -0.4 is 14.8 Å². The number of hydrogen-bond acceptors (Lipinski definition) is 8. The van der Waals surface area contributed by atoms with E-state index < -0.39 is 13.0 Å². The van der Waals surface area contributed by atoms with E-state index in [-0.39, 0.29) is 24.6 Å². The summed E-state index contributed by atoms with van der Waals surface area (Å²) in [4.78, 5) is 17.2. The van der Waals surface area contributed by atoms with Crippen molar-refractivity contribution in [3.63, 3.8) is 0 Å². The lowest BCUT2D eigenvalue weighted by molar-refractivity contribution is -0.106. The van der Waals surface area contributed by atoms with Crippen molar-refractivity contribution in [1.29, 1.82) is 0 Å². The van der Waals surface area contributed by atoms with Gasteiger partial charge in [-0.05, 0) is 46.6 Å². The Balaban J connectivity index is 0.000000426. The third-order valence-corrected chi connectivity index (χ3v) is 5.08. The summed E-state index contributed by atoms with van der Waals surface area (Å²) in [5.74, 6) is 0.190. The summed E-state index contributed by atoms with van der Waals surface area (Å²) in [6.45, 7) is 2.93. The quantitative estimate of drug-likeness (QED) is 0.623. The maximum absolute atomic E-state index is 12.1. The van der Waals surface area contributed by atoms with E-state index in [1.807, 2.05) is 14.0 Å². The fourth-order valence-corrected chi connectivity index (χ4v) is 3.37. The lowest BCUT2D eigenvalue weighted by atomic mass is 9.98. The van der Waals surface area contributed by atoms with Gasteiger partial charge >= 0.3 is 0 Å². The van der Waals surface area contributed by atoms with E-state index in [4.69, 9.17) is 19.4 Å². The molecule has 2 aromatic rings. The van der Waals surface area contributed by atoms with Crippen molar-refractivity contribution in [2.45, 2.75) is 64.5 Å². The van der Waals surface area contributed by atoms with E-state index in [2.05, 4.69) is 15.3 Å². The van der Waals surface area contributed by atoms with Crippen molar-refractivity contribution < 1.29 is 28.2 Å². The van der Waals surface area contributed by atoms with Crippen LogP contribution in [-0.4, -0.2) is 60.2 Å². The van der Waals surface area contributed by atoms with Crippen molar-refractivity contribution in [2.75, 3.05) is 20.3 Å². The van der Waals surface area contributed by atoms with Crippen molar-refractivity contribution in [3.05, 3.63) is 12.3 Å². The molecule has 1 aliphatic rings. The molecule has 1 fully saturated rings. The maximum Gasteiger partial charge on any atom is 0.274 e. The molecule has 0 radical (unpaired) electrons. The number of ether oxygens (including phenoxy) is 2. The number of fused-ring (bicyclic) bond motifs is 1. The van der Waals surface area contributed by atoms with E-state index in [0.29, 0.717) is 10.7 Å². The Morgan fingerprint density at radius 3 is 2.57 bits per heavy atom. The van der Waals surface area contributed by atoms with E-state index in [9.17, 15) is 8.78 Å². The molecule has 1 saturated carbocycles. The van der Waals surface area contributed by atoms with Gasteiger partial charge in [-0.25, -0.2) is 18.7 Å². The van der Waals surface area contributed by atoms with Gasteiger partial charge in [-0.1, -0.05) is 17.8 Å². The number of aromatic nitrogens is 2. The summed E-state index contributed by atoms with van der Waals surface area (Å²) in [5, 5.41) is 11.8. The predicted octanol–water partition coefficient (Wildman–Crippen LogP) is 3.84. The number of likely N-dealkylation sites (N-methyl/N-ethyl adjacent to an activating group) is 1. The molecule has 0 aromatic carbocycles. The second kappa shape index (κ2) is 15.0. The molecule has 0 amide bonds. The lowest BCUT2D eigenvalue weighted by Gasteiger charge is -2.21. The Hall–Kier alpha value is -1.91. The van der Waals surface area contributed by atoms with Crippen LogP contribution in [0, 0.1) is 0 Å². The molecular formula is C20H31F2N3O4S. The zero-order valence-electron chi connectivity index (χ0n) is 17.6. The molecule has 170 valence electrons. The highest BCUT2D eigenvalue weighted by Crippen LogP contribution is 2.32. The monoisotopic (exact) mass is 447 g/mol. The van der Waals surface area contributed by atoms with Crippen molar-refractivity contribution in [1.82, 2.24) is 15.3 Å². The standard InChI is InChI=1S/C14H16F2N2O2S.C4H11NO.C2H4O/c15-12(16)8-19-13-6-11-10(7-17-13)18-14(21-11)20-9-4-2-1-3-5-9;1-4(3-6)5-2;1-2-3/h6-7,9,12H,1-5,8H2;4-6H,3H2,1-2H3;2H,1H3. The van der Waals surface area contributed by atoms with Gasteiger partial charge in [0.15, 0.2) is 6.61 Å². The van der Waals surface area contributed by atoms with Crippen LogP contribution in [0.25, 0.3) is 10.2 Å². The first-order chi connectivity index (χ1) is 14.4. The number of pyridine rings is 1. The van der Waals surface area contributed by atoms with Gasteiger partial charge in [0.2, 0.25) is 5.88 Å². The minimum Gasteiger partial charge on any atom is -0.472 e. The number of rotatable bonds is 7. The number of thiazole rings is 1. The number of nitrogens with zero attached hydrogens (tertiary/aromatic N) is 2. The van der Waals surface area contributed by atoms with Crippen LogP contribution in [-0.2, 0) is 4.79 Å². The highest BCUT2D eigenvalue weighted by molar-refractivity contribution is 7.20. The molecule has 0 bridgehead atoms. The topological polar surface area (TPSA) is 93.6 Å². The SMILES string of the molecule is CC=O.CNC(C)CO.FC(F)COc1cc2sc(OC3CCCCC3)nc2cn1. The van der Waals surface area contributed by atoms with Crippen molar-refractivity contribution in [2.24, 2.45) is 0 Å². The molecule has 7 nitrogen and oxygen atoms in total. The Labute approximate surface area is 179 Å². The Morgan fingerprint density at radius 2 is 2.03 bits per heavy atom. The molecule has 2 heterocycles. The van der Waals surface area contributed by atoms with Gasteiger partial charge in [0.1, 0.15) is 17.9 Å². The Kier molecular flexibility index (Phi) is 13.0. The summed E-state index contributed by atoms with van der Waals surface area (Å²) in [7, 11) is 1.82. The number of carbonyl (C=O) groups is 1. The Morgan fingerprint density at radius 1 is 1.37 bits per heavy atom. The first-order valence-corrected chi connectivity index (χ1v) is 10.8. The molecule has 1 aliphatic carbocycles. The molecule has 2 aromatic heterocycles. The minimum atomic E-state index is -2.51. The number of halogens is 2. The van der Waals surface area contributed by atoms with Crippen LogP contribution >= 0.6 is 11.3 Å². The fourth-order valence-electron chi connectivity index (χ4n) is 2.49. The molecule has 1 unspecified atom stereocenters. The van der Waals surface area contributed by atoms with Crippen LogP contribution in [0.4, 0.5) is 8.78 Å². The summed E-state index contributed by atoms with van der Waals surface area (Å²) in [6, 6.07) is 1.87. The second-order valence-electron chi connectivity index (χ2n) is 6.66. The third kappa shape index (κ3) is 10.2. The average Bonchev–Trinajstić information content (AvgIpc) is 3.14. The number of nitrogens with one attached hydrogen (secondary N) is 1. The highest BCUT2D eigenvalue weighted by Gasteiger charge is 2.17. The summed E-state index contributed by atoms with van der Waals surface area (Å²) < 4.78 is 35.9. The summed E-state index contributed by atoms with van der Waals surface area (Å²) in [6.07, 6.45) is 5.81. The van der Waals surface area contributed by atoms with E-state index in [1.165, 1.54) is 43.7 Å². The zero-order valence-corrected chi connectivity index (χ0v) is 18.5. The fraction of sp³-hybridized carbons (Fsp3) is 0.650. The van der Waals surface area contributed by atoms with E-state index in [1.54, 1.807) is 6.07 Å². The Bertz CT molecular complexity index is 723. The van der Waals surface area contributed by atoms with Crippen molar-refractivity contribution in [3.8, 4) is 11.1 Å². The molecule has 1 atom stereocenters. The summed E-state index contributed by atoms with van der Waals surface area (Å²) >= 11 is 1.40. The number of aliphatic hydroxyl groups excluding tert-OH is 1. The average molecular weight is 448 g/mol. The number of aliphatic hydroxyl groups is 1. The van der Waals surface area contributed by atoms with Gasteiger partial charge in [0, 0.05) is 12.1 Å². The maximum atomic E-state index is 12.1. The summed E-state index contributed by atoms with van der Waals surface area (Å²) in [5.41, 5.74) is 0.704. The van der Waals surface area contributed by atoms with Crippen LogP contribution in [0.5, 0.6) is 11.1 Å². The lowest BCUT2D eigenvalue weighted by Crippen LogP contribution is -2.24. The van der Waals surface area contributed by atoms with Gasteiger partial charge in [-0.15, -0.1) is 0 Å². The first-order valence-electron chi connectivity index (χ1n) is 9.95. The molecule has 0 saturated heterocycles. The third-order valence-electron chi connectivity index (χ3n) is 4.17. The zero-order chi connectivity index (χ0) is 22.4. The first kappa shape index (κ1) is 26.1. The molecular weight excluding hydrogens is 416 g/mol. The minimum absolute atomic E-state index is 0.190. The van der Waals surface area contributed by atoms with E-state index >= 15 is 0 Å². The highest BCUT2D eigenvalue weighted by atomic mass is 32.1. The molecule has 0 spiro atoms. The number of carbonyl (C=O) groups excluding carboxylic acids is 1. The number of aldehydes is 1. The second-order valence-corrected chi connectivity index (χ2v) is 7.65. The van der Waals surface area contributed by atoms with Crippen LogP contribution in [0.3, 0.4) is 0 Å². The molecule has 10 heteroatoms. The normalized spacial score (nSPS) is 14.9. The number of hydrogen-bond donors (Lipinski definition) is 2. The smallest absolute Gasteiger partial charge is 0.274 e. The van der Waals surface area contributed by atoms with E-state index in [0.717, 1.165) is 23.8 Å².